The number of thiophene rings is 1. The quantitative estimate of drug-likeness (QED) is 0.824. The maximum atomic E-state index is 3.70. The van der Waals surface area contributed by atoms with Crippen molar-refractivity contribution in [2.24, 2.45) is 11.8 Å². The van der Waals surface area contributed by atoms with Gasteiger partial charge in [-0.2, -0.15) is 0 Å². The molecule has 2 heteroatoms. The van der Waals surface area contributed by atoms with Crippen LogP contribution in [0.1, 0.15) is 38.0 Å². The molecule has 1 N–H and O–H groups in total. The topological polar surface area (TPSA) is 12.0 Å². The normalized spacial score (nSPS) is 31.7. The zero-order chi connectivity index (χ0) is 10.7. The van der Waals surface area contributed by atoms with E-state index < -0.39 is 0 Å². The predicted octanol–water partition coefficient (Wildman–Crippen LogP) is 3.66. The van der Waals surface area contributed by atoms with Gasteiger partial charge in [-0.05, 0) is 42.5 Å². The molecule has 3 unspecified atom stereocenters. The summed E-state index contributed by atoms with van der Waals surface area (Å²) in [5, 5.41) is 5.86. The highest BCUT2D eigenvalue weighted by Crippen LogP contribution is 2.28. The summed E-state index contributed by atoms with van der Waals surface area (Å²) in [5.41, 5.74) is 0. The van der Waals surface area contributed by atoms with Gasteiger partial charge in [0.05, 0.1) is 0 Å². The lowest BCUT2D eigenvalue weighted by atomic mass is 9.80. The second-order valence-electron chi connectivity index (χ2n) is 4.96. The first kappa shape index (κ1) is 11.2. The summed E-state index contributed by atoms with van der Waals surface area (Å²) in [4.78, 5) is 1.46. The second-order valence-corrected chi connectivity index (χ2v) is 5.99. The first-order valence-electron chi connectivity index (χ1n) is 6.01. The summed E-state index contributed by atoms with van der Waals surface area (Å²) in [5.74, 6) is 1.77. The molecule has 15 heavy (non-hydrogen) atoms. The van der Waals surface area contributed by atoms with E-state index in [1.54, 1.807) is 0 Å². The molecule has 1 saturated carbocycles. The van der Waals surface area contributed by atoms with Crippen LogP contribution in [-0.2, 0) is 6.54 Å². The Hall–Kier alpha value is -0.340. The van der Waals surface area contributed by atoms with E-state index in [1.807, 2.05) is 11.3 Å². The van der Waals surface area contributed by atoms with Gasteiger partial charge in [0.15, 0.2) is 0 Å². The van der Waals surface area contributed by atoms with E-state index in [2.05, 4.69) is 36.7 Å². The molecule has 0 saturated heterocycles. The first-order chi connectivity index (χ1) is 7.25. The van der Waals surface area contributed by atoms with Crippen molar-refractivity contribution in [2.75, 3.05) is 0 Å². The van der Waals surface area contributed by atoms with E-state index in [0.717, 1.165) is 24.4 Å². The van der Waals surface area contributed by atoms with E-state index in [-0.39, 0.29) is 0 Å². The van der Waals surface area contributed by atoms with Crippen molar-refractivity contribution in [1.29, 1.82) is 0 Å². The Labute approximate surface area is 96.9 Å². The summed E-state index contributed by atoms with van der Waals surface area (Å²) in [7, 11) is 0. The molecule has 1 aliphatic carbocycles. The molecule has 1 aliphatic rings. The Morgan fingerprint density at radius 1 is 1.40 bits per heavy atom. The Bertz CT molecular complexity index is 281. The SMILES string of the molecule is CC1CCC(NCc2cccs2)C(C)C1. The number of hydrogen-bond donors (Lipinski definition) is 1. The average molecular weight is 223 g/mol. The Morgan fingerprint density at radius 3 is 2.93 bits per heavy atom. The van der Waals surface area contributed by atoms with Crippen LogP contribution in [0.3, 0.4) is 0 Å². The van der Waals surface area contributed by atoms with Gasteiger partial charge in [-0.15, -0.1) is 11.3 Å². The third-order valence-corrected chi connectivity index (χ3v) is 4.43. The Morgan fingerprint density at radius 2 is 2.27 bits per heavy atom. The second kappa shape index (κ2) is 5.13. The van der Waals surface area contributed by atoms with Crippen LogP contribution in [0.5, 0.6) is 0 Å². The van der Waals surface area contributed by atoms with Gasteiger partial charge in [-0.1, -0.05) is 19.9 Å². The van der Waals surface area contributed by atoms with E-state index >= 15 is 0 Å². The molecule has 0 aromatic carbocycles. The number of hydrogen-bond acceptors (Lipinski definition) is 2. The first-order valence-corrected chi connectivity index (χ1v) is 6.89. The van der Waals surface area contributed by atoms with Crippen LogP contribution in [0.25, 0.3) is 0 Å². The molecular formula is C13H21NS. The van der Waals surface area contributed by atoms with Crippen LogP contribution < -0.4 is 5.32 Å². The van der Waals surface area contributed by atoms with Crippen molar-refractivity contribution in [3.63, 3.8) is 0 Å². The highest BCUT2D eigenvalue weighted by Gasteiger charge is 2.24. The molecule has 1 aromatic heterocycles. The predicted molar refractivity (Wildman–Crippen MR) is 67.1 cm³/mol. The lowest BCUT2D eigenvalue weighted by molar-refractivity contribution is 0.227. The molecule has 0 spiro atoms. The summed E-state index contributed by atoms with van der Waals surface area (Å²) in [6, 6.07) is 5.09. The lowest BCUT2D eigenvalue weighted by Crippen LogP contribution is -2.38. The highest BCUT2D eigenvalue weighted by molar-refractivity contribution is 7.09. The molecule has 0 aliphatic heterocycles. The maximum absolute atomic E-state index is 3.70. The smallest absolute Gasteiger partial charge is 0.0302 e. The van der Waals surface area contributed by atoms with E-state index in [4.69, 9.17) is 0 Å². The Kier molecular flexibility index (Phi) is 3.81. The van der Waals surface area contributed by atoms with Gasteiger partial charge in [0.2, 0.25) is 0 Å². The molecule has 0 amide bonds. The third-order valence-electron chi connectivity index (χ3n) is 3.55. The van der Waals surface area contributed by atoms with Crippen molar-refractivity contribution in [1.82, 2.24) is 5.32 Å². The molecular weight excluding hydrogens is 202 g/mol. The standard InChI is InChI=1S/C13H21NS/c1-10-5-6-13(11(2)8-10)14-9-12-4-3-7-15-12/h3-4,7,10-11,13-14H,5-6,8-9H2,1-2H3. The van der Waals surface area contributed by atoms with Gasteiger partial charge in [-0.25, -0.2) is 0 Å². The van der Waals surface area contributed by atoms with Crippen LogP contribution in [0, 0.1) is 11.8 Å². The molecule has 0 bridgehead atoms. The third kappa shape index (κ3) is 3.05. The molecule has 1 fully saturated rings. The van der Waals surface area contributed by atoms with Crippen LogP contribution in [0.15, 0.2) is 17.5 Å². The van der Waals surface area contributed by atoms with Crippen molar-refractivity contribution in [3.05, 3.63) is 22.4 Å². The zero-order valence-electron chi connectivity index (χ0n) is 9.70. The van der Waals surface area contributed by atoms with Crippen LogP contribution in [0.2, 0.25) is 0 Å². The minimum absolute atomic E-state index is 0.739. The van der Waals surface area contributed by atoms with Crippen LogP contribution >= 0.6 is 11.3 Å². The van der Waals surface area contributed by atoms with Gasteiger partial charge in [-0.3, -0.25) is 0 Å². The minimum Gasteiger partial charge on any atom is -0.309 e. The number of rotatable bonds is 3. The van der Waals surface area contributed by atoms with E-state index in [9.17, 15) is 0 Å². The lowest BCUT2D eigenvalue weighted by Gasteiger charge is -2.33. The summed E-state index contributed by atoms with van der Waals surface area (Å²) < 4.78 is 0. The fourth-order valence-electron chi connectivity index (χ4n) is 2.61. The van der Waals surface area contributed by atoms with Gasteiger partial charge in [0.1, 0.15) is 0 Å². The van der Waals surface area contributed by atoms with Crippen molar-refractivity contribution in [3.8, 4) is 0 Å². The molecule has 1 nitrogen and oxygen atoms in total. The minimum atomic E-state index is 0.739. The fraction of sp³-hybridized carbons (Fsp3) is 0.692. The molecule has 2 rings (SSSR count). The van der Waals surface area contributed by atoms with E-state index in [1.165, 1.54) is 24.1 Å². The maximum Gasteiger partial charge on any atom is 0.0302 e. The number of nitrogens with one attached hydrogen (secondary N) is 1. The highest BCUT2D eigenvalue weighted by atomic mass is 32.1. The van der Waals surface area contributed by atoms with Gasteiger partial charge >= 0.3 is 0 Å². The van der Waals surface area contributed by atoms with Gasteiger partial charge in [0.25, 0.3) is 0 Å². The molecule has 0 radical (unpaired) electrons. The molecule has 1 heterocycles. The van der Waals surface area contributed by atoms with E-state index in [0.29, 0.717) is 0 Å². The van der Waals surface area contributed by atoms with Crippen molar-refractivity contribution < 1.29 is 0 Å². The summed E-state index contributed by atoms with van der Waals surface area (Å²) in [6.07, 6.45) is 4.14. The fourth-order valence-corrected chi connectivity index (χ4v) is 3.27. The zero-order valence-corrected chi connectivity index (χ0v) is 10.5. The summed E-state index contributed by atoms with van der Waals surface area (Å²) in [6.45, 7) is 5.83. The van der Waals surface area contributed by atoms with Gasteiger partial charge < -0.3 is 5.32 Å². The van der Waals surface area contributed by atoms with Gasteiger partial charge in [0, 0.05) is 17.5 Å². The van der Waals surface area contributed by atoms with Crippen molar-refractivity contribution >= 4 is 11.3 Å². The van der Waals surface area contributed by atoms with Crippen LogP contribution in [-0.4, -0.2) is 6.04 Å². The van der Waals surface area contributed by atoms with Crippen molar-refractivity contribution in [2.45, 2.75) is 45.7 Å². The molecule has 3 atom stereocenters. The molecule has 1 aromatic rings. The average Bonchev–Trinajstić information content (AvgIpc) is 2.69. The van der Waals surface area contributed by atoms with Crippen LogP contribution in [0.4, 0.5) is 0 Å². The molecule has 84 valence electrons. The largest absolute Gasteiger partial charge is 0.309 e. The monoisotopic (exact) mass is 223 g/mol. The summed E-state index contributed by atoms with van der Waals surface area (Å²) >= 11 is 1.85. The Balaban J connectivity index is 1.79.